The second-order valence-electron chi connectivity index (χ2n) is 2.95. The first kappa shape index (κ1) is 10.4. The third-order valence-corrected chi connectivity index (χ3v) is 1.56. The summed E-state index contributed by atoms with van der Waals surface area (Å²) in [5.41, 5.74) is 1.06. The molecule has 0 aliphatic rings. The highest BCUT2D eigenvalue weighted by Crippen LogP contribution is 2.07. The van der Waals surface area contributed by atoms with Gasteiger partial charge in [-0.3, -0.25) is 0 Å². The zero-order valence-electron chi connectivity index (χ0n) is 7.67. The van der Waals surface area contributed by atoms with Crippen molar-refractivity contribution in [2.45, 2.75) is 27.2 Å². The predicted molar refractivity (Wildman–Crippen MR) is 49.4 cm³/mol. The Morgan fingerprint density at radius 3 is 2.64 bits per heavy atom. The molecule has 1 unspecified atom stereocenters. The zero-order valence-corrected chi connectivity index (χ0v) is 7.67. The molecule has 0 amide bonds. The van der Waals surface area contributed by atoms with Crippen LogP contribution in [0.5, 0.6) is 0 Å². The first-order valence-corrected chi connectivity index (χ1v) is 4.10. The summed E-state index contributed by atoms with van der Waals surface area (Å²) in [4.78, 5) is 0. The SMILES string of the molecule is CC=CCC(C)C=C(C)CO. The zero-order chi connectivity index (χ0) is 8.69. The fourth-order valence-corrected chi connectivity index (χ4v) is 0.957. The van der Waals surface area contributed by atoms with Crippen molar-refractivity contribution in [2.75, 3.05) is 6.61 Å². The van der Waals surface area contributed by atoms with Gasteiger partial charge in [0.15, 0.2) is 0 Å². The molecule has 1 atom stereocenters. The Kier molecular flexibility index (Phi) is 5.86. The lowest BCUT2D eigenvalue weighted by atomic mass is 10.0. The van der Waals surface area contributed by atoms with Crippen LogP contribution in [0.25, 0.3) is 0 Å². The molecule has 1 N–H and O–H groups in total. The molecule has 0 saturated heterocycles. The van der Waals surface area contributed by atoms with Gasteiger partial charge in [-0.2, -0.15) is 0 Å². The molecule has 0 spiro atoms. The molecular formula is C10H18O. The van der Waals surface area contributed by atoms with Crippen LogP contribution in [0.3, 0.4) is 0 Å². The van der Waals surface area contributed by atoms with E-state index in [2.05, 4.69) is 25.2 Å². The molecule has 1 heteroatoms. The van der Waals surface area contributed by atoms with Crippen molar-refractivity contribution in [3.8, 4) is 0 Å². The predicted octanol–water partition coefficient (Wildman–Crippen LogP) is 2.53. The van der Waals surface area contributed by atoms with Crippen molar-refractivity contribution >= 4 is 0 Å². The van der Waals surface area contributed by atoms with Crippen LogP contribution in [0, 0.1) is 5.92 Å². The molecule has 0 aliphatic heterocycles. The van der Waals surface area contributed by atoms with Gasteiger partial charge in [0.2, 0.25) is 0 Å². The van der Waals surface area contributed by atoms with Crippen LogP contribution in [0.1, 0.15) is 27.2 Å². The van der Waals surface area contributed by atoms with E-state index in [1.54, 1.807) is 0 Å². The van der Waals surface area contributed by atoms with E-state index in [4.69, 9.17) is 5.11 Å². The highest BCUT2D eigenvalue weighted by atomic mass is 16.3. The second-order valence-corrected chi connectivity index (χ2v) is 2.95. The van der Waals surface area contributed by atoms with Gasteiger partial charge in [0.05, 0.1) is 6.61 Å². The summed E-state index contributed by atoms with van der Waals surface area (Å²) >= 11 is 0. The lowest BCUT2D eigenvalue weighted by molar-refractivity contribution is 0.330. The summed E-state index contributed by atoms with van der Waals surface area (Å²) in [6.45, 7) is 6.31. The van der Waals surface area contributed by atoms with Crippen LogP contribution < -0.4 is 0 Å². The molecule has 0 rings (SSSR count). The summed E-state index contributed by atoms with van der Waals surface area (Å²) in [5, 5.41) is 8.72. The van der Waals surface area contributed by atoms with Crippen LogP contribution in [0.2, 0.25) is 0 Å². The van der Waals surface area contributed by atoms with Crippen molar-refractivity contribution in [2.24, 2.45) is 5.92 Å². The van der Waals surface area contributed by atoms with Crippen molar-refractivity contribution in [1.29, 1.82) is 0 Å². The molecule has 0 aromatic rings. The summed E-state index contributed by atoms with van der Waals surface area (Å²) < 4.78 is 0. The lowest BCUT2D eigenvalue weighted by Gasteiger charge is -2.02. The molecule has 0 aromatic carbocycles. The average Bonchev–Trinajstić information content (AvgIpc) is 2.00. The van der Waals surface area contributed by atoms with Gasteiger partial charge in [-0.25, -0.2) is 0 Å². The maximum absolute atomic E-state index is 8.72. The van der Waals surface area contributed by atoms with E-state index >= 15 is 0 Å². The van der Waals surface area contributed by atoms with Crippen molar-refractivity contribution in [1.82, 2.24) is 0 Å². The molecule has 0 heterocycles. The van der Waals surface area contributed by atoms with Crippen molar-refractivity contribution in [3.63, 3.8) is 0 Å². The fourth-order valence-electron chi connectivity index (χ4n) is 0.957. The normalized spacial score (nSPS) is 15.8. The molecule has 0 aliphatic carbocycles. The van der Waals surface area contributed by atoms with E-state index in [0.717, 1.165) is 12.0 Å². The number of aliphatic hydroxyl groups is 1. The Bertz CT molecular complexity index is 145. The minimum Gasteiger partial charge on any atom is -0.392 e. The number of hydrogen-bond acceptors (Lipinski definition) is 1. The highest BCUT2D eigenvalue weighted by molar-refractivity contribution is 5.01. The minimum atomic E-state index is 0.181. The summed E-state index contributed by atoms with van der Waals surface area (Å²) in [6.07, 6.45) is 7.37. The van der Waals surface area contributed by atoms with Gasteiger partial charge in [-0.1, -0.05) is 30.7 Å². The van der Waals surface area contributed by atoms with E-state index in [0.29, 0.717) is 5.92 Å². The molecule has 0 aromatic heterocycles. The standard InChI is InChI=1S/C10H18O/c1-4-5-6-9(2)7-10(3)8-11/h4-5,7,9,11H,6,8H2,1-3H3. The van der Waals surface area contributed by atoms with Gasteiger partial charge in [-0.15, -0.1) is 0 Å². The first-order chi connectivity index (χ1) is 5.20. The van der Waals surface area contributed by atoms with Gasteiger partial charge in [0.25, 0.3) is 0 Å². The molecule has 0 saturated carbocycles. The number of allylic oxidation sites excluding steroid dienone is 3. The van der Waals surface area contributed by atoms with Gasteiger partial charge in [-0.05, 0) is 26.2 Å². The van der Waals surface area contributed by atoms with Crippen LogP contribution in [0.4, 0.5) is 0 Å². The quantitative estimate of drug-likeness (QED) is 0.617. The Labute approximate surface area is 69.4 Å². The van der Waals surface area contributed by atoms with E-state index in [1.165, 1.54) is 0 Å². The molecule has 0 fully saturated rings. The van der Waals surface area contributed by atoms with Gasteiger partial charge in [0, 0.05) is 0 Å². The number of aliphatic hydroxyl groups excluding tert-OH is 1. The van der Waals surface area contributed by atoms with E-state index < -0.39 is 0 Å². The molecule has 11 heavy (non-hydrogen) atoms. The first-order valence-electron chi connectivity index (χ1n) is 4.10. The number of rotatable bonds is 4. The Morgan fingerprint density at radius 1 is 1.55 bits per heavy atom. The van der Waals surface area contributed by atoms with Gasteiger partial charge < -0.3 is 5.11 Å². The molecule has 64 valence electrons. The molecule has 0 radical (unpaired) electrons. The smallest absolute Gasteiger partial charge is 0.0639 e. The minimum absolute atomic E-state index is 0.181. The summed E-state index contributed by atoms with van der Waals surface area (Å²) in [7, 11) is 0. The fraction of sp³-hybridized carbons (Fsp3) is 0.600. The Hall–Kier alpha value is -0.560. The molecule has 1 nitrogen and oxygen atoms in total. The van der Waals surface area contributed by atoms with Crippen LogP contribution in [-0.2, 0) is 0 Å². The van der Waals surface area contributed by atoms with Crippen LogP contribution >= 0.6 is 0 Å². The van der Waals surface area contributed by atoms with E-state index in [9.17, 15) is 0 Å². The van der Waals surface area contributed by atoms with Crippen molar-refractivity contribution in [3.05, 3.63) is 23.8 Å². The second kappa shape index (κ2) is 6.17. The van der Waals surface area contributed by atoms with E-state index in [-0.39, 0.29) is 6.61 Å². The van der Waals surface area contributed by atoms with Crippen LogP contribution in [0.15, 0.2) is 23.8 Å². The average molecular weight is 154 g/mol. The van der Waals surface area contributed by atoms with E-state index in [1.807, 2.05) is 13.8 Å². The molecular weight excluding hydrogens is 136 g/mol. The third kappa shape index (κ3) is 5.86. The highest BCUT2D eigenvalue weighted by Gasteiger charge is 1.94. The summed E-state index contributed by atoms with van der Waals surface area (Å²) in [6, 6.07) is 0. The Morgan fingerprint density at radius 2 is 2.18 bits per heavy atom. The summed E-state index contributed by atoms with van der Waals surface area (Å²) in [5.74, 6) is 0.540. The maximum Gasteiger partial charge on any atom is 0.0639 e. The molecule has 0 bridgehead atoms. The van der Waals surface area contributed by atoms with Gasteiger partial charge in [0.1, 0.15) is 0 Å². The number of hydrogen-bond donors (Lipinski definition) is 1. The lowest BCUT2D eigenvalue weighted by Crippen LogP contribution is -1.91. The topological polar surface area (TPSA) is 20.2 Å². The third-order valence-electron chi connectivity index (χ3n) is 1.56. The maximum atomic E-state index is 8.72. The van der Waals surface area contributed by atoms with Crippen molar-refractivity contribution < 1.29 is 5.11 Å². The van der Waals surface area contributed by atoms with Gasteiger partial charge >= 0.3 is 0 Å². The van der Waals surface area contributed by atoms with Crippen LogP contribution in [-0.4, -0.2) is 11.7 Å². The Balaban J connectivity index is 3.75. The largest absolute Gasteiger partial charge is 0.392 e. The monoisotopic (exact) mass is 154 g/mol.